The molecule has 0 aliphatic rings. The SMILES string of the molecule is CCCNC(=O)[C@H](CC)N(Cc1ccc(F)cc1)C(=O)Cc1c(Cl)cccc1Cl. The van der Waals surface area contributed by atoms with Crippen LogP contribution in [0, 0.1) is 5.82 Å². The molecular formula is C22H25Cl2FN2O2. The molecule has 0 saturated carbocycles. The zero-order valence-electron chi connectivity index (χ0n) is 16.6. The number of benzene rings is 2. The van der Waals surface area contributed by atoms with Gasteiger partial charge in [0.1, 0.15) is 11.9 Å². The number of hydrogen-bond donors (Lipinski definition) is 1. The van der Waals surface area contributed by atoms with E-state index >= 15 is 0 Å². The molecule has 2 amide bonds. The van der Waals surface area contributed by atoms with Crippen molar-refractivity contribution in [2.75, 3.05) is 6.54 Å². The maximum Gasteiger partial charge on any atom is 0.242 e. The van der Waals surface area contributed by atoms with Gasteiger partial charge in [0.15, 0.2) is 0 Å². The highest BCUT2D eigenvalue weighted by Crippen LogP contribution is 2.26. The zero-order chi connectivity index (χ0) is 21.4. The number of hydrogen-bond acceptors (Lipinski definition) is 2. The molecule has 0 spiro atoms. The quantitative estimate of drug-likeness (QED) is 0.597. The molecular weight excluding hydrogens is 414 g/mol. The van der Waals surface area contributed by atoms with Gasteiger partial charge in [0.25, 0.3) is 0 Å². The number of nitrogens with zero attached hydrogens (tertiary/aromatic N) is 1. The molecule has 0 bridgehead atoms. The summed E-state index contributed by atoms with van der Waals surface area (Å²) in [6, 6.07) is 10.3. The molecule has 2 aromatic carbocycles. The summed E-state index contributed by atoms with van der Waals surface area (Å²) in [6.45, 7) is 4.52. The number of carbonyl (C=O) groups excluding carboxylic acids is 2. The van der Waals surface area contributed by atoms with Gasteiger partial charge in [-0.1, -0.05) is 55.2 Å². The molecule has 4 nitrogen and oxygen atoms in total. The highest BCUT2D eigenvalue weighted by molar-refractivity contribution is 6.36. The molecule has 0 fully saturated rings. The maximum atomic E-state index is 13.3. The van der Waals surface area contributed by atoms with E-state index in [1.165, 1.54) is 17.0 Å². The summed E-state index contributed by atoms with van der Waals surface area (Å²) in [6.07, 6.45) is 1.21. The second-order valence-corrected chi connectivity index (χ2v) is 7.55. The van der Waals surface area contributed by atoms with Gasteiger partial charge in [-0.2, -0.15) is 0 Å². The lowest BCUT2D eigenvalue weighted by molar-refractivity contribution is -0.140. The third-order valence-electron chi connectivity index (χ3n) is 4.59. The summed E-state index contributed by atoms with van der Waals surface area (Å²) in [4.78, 5) is 27.4. The van der Waals surface area contributed by atoms with E-state index < -0.39 is 6.04 Å². The molecule has 2 rings (SSSR count). The molecule has 0 aliphatic heterocycles. The van der Waals surface area contributed by atoms with Gasteiger partial charge >= 0.3 is 0 Å². The topological polar surface area (TPSA) is 49.4 Å². The Labute approximate surface area is 181 Å². The molecule has 0 radical (unpaired) electrons. The van der Waals surface area contributed by atoms with Gasteiger partial charge in [-0.25, -0.2) is 4.39 Å². The fraction of sp³-hybridized carbons (Fsp3) is 0.364. The lowest BCUT2D eigenvalue weighted by Gasteiger charge is -2.31. The van der Waals surface area contributed by atoms with Crippen LogP contribution >= 0.6 is 23.2 Å². The summed E-state index contributed by atoms with van der Waals surface area (Å²) < 4.78 is 13.3. The standard InChI is InChI=1S/C22H25Cl2FN2O2/c1-3-12-26-22(29)20(4-2)27(14-15-8-10-16(25)11-9-15)21(28)13-17-18(23)6-5-7-19(17)24/h5-11,20H,3-4,12-14H2,1-2H3,(H,26,29)/t20-/m0/s1. The van der Waals surface area contributed by atoms with Crippen molar-refractivity contribution in [2.45, 2.75) is 45.7 Å². The molecule has 0 heterocycles. The molecule has 0 unspecified atom stereocenters. The van der Waals surface area contributed by atoms with Crippen LogP contribution in [-0.4, -0.2) is 29.3 Å². The van der Waals surface area contributed by atoms with Crippen LogP contribution in [0.15, 0.2) is 42.5 Å². The summed E-state index contributed by atoms with van der Waals surface area (Å²) in [5.41, 5.74) is 1.25. The van der Waals surface area contributed by atoms with Crippen molar-refractivity contribution < 1.29 is 14.0 Å². The minimum Gasteiger partial charge on any atom is -0.354 e. The number of rotatable bonds is 9. The van der Waals surface area contributed by atoms with Gasteiger partial charge in [-0.05, 0) is 48.2 Å². The van der Waals surface area contributed by atoms with Gasteiger partial charge in [-0.3, -0.25) is 9.59 Å². The van der Waals surface area contributed by atoms with Crippen LogP contribution in [0.5, 0.6) is 0 Å². The van der Waals surface area contributed by atoms with Crippen LogP contribution < -0.4 is 5.32 Å². The van der Waals surface area contributed by atoms with E-state index in [-0.39, 0.29) is 30.6 Å². The molecule has 0 aromatic heterocycles. The van der Waals surface area contributed by atoms with E-state index in [4.69, 9.17) is 23.2 Å². The first-order chi connectivity index (χ1) is 13.9. The van der Waals surface area contributed by atoms with E-state index in [2.05, 4.69) is 5.32 Å². The Kier molecular flexibility index (Phi) is 8.93. The smallest absolute Gasteiger partial charge is 0.242 e. The summed E-state index contributed by atoms with van der Waals surface area (Å²) in [5, 5.41) is 3.65. The van der Waals surface area contributed by atoms with Crippen LogP contribution in [0.4, 0.5) is 4.39 Å². The highest BCUT2D eigenvalue weighted by atomic mass is 35.5. The monoisotopic (exact) mass is 438 g/mol. The van der Waals surface area contributed by atoms with Crippen molar-refractivity contribution in [2.24, 2.45) is 0 Å². The Hall–Kier alpha value is -2.11. The van der Waals surface area contributed by atoms with E-state index in [0.29, 0.717) is 28.6 Å². The molecule has 0 aliphatic carbocycles. The average molecular weight is 439 g/mol. The second-order valence-electron chi connectivity index (χ2n) is 6.74. The van der Waals surface area contributed by atoms with Gasteiger partial charge in [-0.15, -0.1) is 0 Å². The van der Waals surface area contributed by atoms with Crippen molar-refractivity contribution in [1.82, 2.24) is 10.2 Å². The van der Waals surface area contributed by atoms with Gasteiger partial charge < -0.3 is 10.2 Å². The maximum absolute atomic E-state index is 13.3. The first-order valence-electron chi connectivity index (χ1n) is 9.61. The lowest BCUT2D eigenvalue weighted by Crippen LogP contribution is -2.49. The van der Waals surface area contributed by atoms with Crippen LogP contribution in [0.25, 0.3) is 0 Å². The number of amides is 2. The molecule has 1 atom stereocenters. The third-order valence-corrected chi connectivity index (χ3v) is 5.30. The van der Waals surface area contributed by atoms with Crippen molar-refractivity contribution in [3.8, 4) is 0 Å². The number of halogens is 3. The molecule has 7 heteroatoms. The van der Waals surface area contributed by atoms with Gasteiger partial charge in [0, 0.05) is 23.1 Å². The Balaban J connectivity index is 2.32. The summed E-state index contributed by atoms with van der Waals surface area (Å²) in [5.74, 6) is -0.847. The summed E-state index contributed by atoms with van der Waals surface area (Å²) in [7, 11) is 0. The molecule has 0 saturated heterocycles. The Bertz CT molecular complexity index is 823. The Morgan fingerprint density at radius 1 is 1.07 bits per heavy atom. The predicted molar refractivity (Wildman–Crippen MR) is 114 cm³/mol. The fourth-order valence-corrected chi connectivity index (χ4v) is 3.56. The normalized spacial score (nSPS) is 11.8. The van der Waals surface area contributed by atoms with Crippen molar-refractivity contribution >= 4 is 35.0 Å². The molecule has 1 N–H and O–H groups in total. The van der Waals surface area contributed by atoms with Crippen molar-refractivity contribution in [3.63, 3.8) is 0 Å². The Morgan fingerprint density at radius 2 is 1.69 bits per heavy atom. The average Bonchev–Trinajstić information content (AvgIpc) is 2.70. The highest BCUT2D eigenvalue weighted by Gasteiger charge is 2.29. The lowest BCUT2D eigenvalue weighted by atomic mass is 10.1. The van der Waals surface area contributed by atoms with Gasteiger partial charge in [0.05, 0.1) is 6.42 Å². The zero-order valence-corrected chi connectivity index (χ0v) is 18.1. The third kappa shape index (κ3) is 6.44. The van der Waals surface area contributed by atoms with E-state index in [1.54, 1.807) is 30.3 Å². The first-order valence-corrected chi connectivity index (χ1v) is 10.4. The van der Waals surface area contributed by atoms with Crippen LogP contribution in [0.2, 0.25) is 10.0 Å². The second kappa shape index (κ2) is 11.2. The minimum absolute atomic E-state index is 0.0305. The summed E-state index contributed by atoms with van der Waals surface area (Å²) >= 11 is 12.4. The van der Waals surface area contributed by atoms with Crippen molar-refractivity contribution in [1.29, 1.82) is 0 Å². The Morgan fingerprint density at radius 3 is 2.24 bits per heavy atom. The van der Waals surface area contributed by atoms with E-state index in [0.717, 1.165) is 12.0 Å². The van der Waals surface area contributed by atoms with E-state index in [1.807, 2.05) is 13.8 Å². The fourth-order valence-electron chi connectivity index (χ4n) is 3.03. The van der Waals surface area contributed by atoms with Gasteiger partial charge in [0.2, 0.25) is 11.8 Å². The molecule has 29 heavy (non-hydrogen) atoms. The molecule has 2 aromatic rings. The first kappa shape index (κ1) is 23.2. The van der Waals surface area contributed by atoms with Crippen LogP contribution in [0.1, 0.15) is 37.8 Å². The van der Waals surface area contributed by atoms with Crippen LogP contribution in [-0.2, 0) is 22.6 Å². The van der Waals surface area contributed by atoms with Crippen LogP contribution in [0.3, 0.4) is 0 Å². The van der Waals surface area contributed by atoms with Crippen molar-refractivity contribution in [3.05, 3.63) is 69.5 Å². The number of carbonyl (C=O) groups is 2. The predicted octanol–water partition coefficient (Wildman–Crippen LogP) is 5.01. The number of nitrogens with one attached hydrogen (secondary N) is 1. The van der Waals surface area contributed by atoms with E-state index in [9.17, 15) is 14.0 Å². The minimum atomic E-state index is -0.652. The largest absolute Gasteiger partial charge is 0.354 e. The molecule has 156 valence electrons.